The summed E-state index contributed by atoms with van der Waals surface area (Å²) in [4.78, 5) is 21.2. The van der Waals surface area contributed by atoms with Crippen LogP contribution in [0.1, 0.15) is 5.76 Å². The van der Waals surface area contributed by atoms with E-state index < -0.39 is 5.60 Å². The Labute approximate surface area is 180 Å². The summed E-state index contributed by atoms with van der Waals surface area (Å²) in [5.41, 5.74) is 0.475. The molecule has 8 heteroatoms. The highest BCUT2D eigenvalue weighted by molar-refractivity contribution is 5.77. The van der Waals surface area contributed by atoms with Gasteiger partial charge in [0.1, 0.15) is 23.5 Å². The Balaban J connectivity index is 1.21. The van der Waals surface area contributed by atoms with Gasteiger partial charge in [0.05, 0.1) is 25.5 Å². The van der Waals surface area contributed by atoms with Crippen molar-refractivity contribution < 1.29 is 19.1 Å². The second-order valence-electron chi connectivity index (χ2n) is 9.10. The Morgan fingerprint density at radius 2 is 2.16 bits per heavy atom. The summed E-state index contributed by atoms with van der Waals surface area (Å²) in [7, 11) is 0. The number of imidazole rings is 1. The Hall–Kier alpha value is -2.68. The molecule has 31 heavy (non-hydrogen) atoms. The first kappa shape index (κ1) is 19.0. The van der Waals surface area contributed by atoms with Crippen molar-refractivity contribution in [1.82, 2.24) is 19.4 Å². The van der Waals surface area contributed by atoms with Gasteiger partial charge in [-0.05, 0) is 12.1 Å². The Bertz CT molecular complexity index is 1060. The molecular formula is C23H26N4O4. The zero-order valence-electron chi connectivity index (χ0n) is 17.3. The summed E-state index contributed by atoms with van der Waals surface area (Å²) in [6.45, 7) is 3.75. The van der Waals surface area contributed by atoms with E-state index in [0.29, 0.717) is 19.6 Å². The Morgan fingerprint density at radius 1 is 1.26 bits per heavy atom. The highest BCUT2D eigenvalue weighted by Crippen LogP contribution is 2.49. The number of fused-ring (bicyclic) bond motifs is 2. The van der Waals surface area contributed by atoms with E-state index in [1.165, 1.54) is 0 Å². The highest BCUT2D eigenvalue weighted by Gasteiger charge is 2.62. The largest absolute Gasteiger partial charge is 0.460 e. The van der Waals surface area contributed by atoms with E-state index in [0.717, 1.165) is 29.8 Å². The van der Waals surface area contributed by atoms with E-state index in [9.17, 15) is 9.90 Å². The quantitative estimate of drug-likeness (QED) is 0.668. The smallest absolute Gasteiger partial charge is 0.242 e. The number of amides is 1. The van der Waals surface area contributed by atoms with Gasteiger partial charge in [0, 0.05) is 55.9 Å². The van der Waals surface area contributed by atoms with E-state index in [1.54, 1.807) is 23.3 Å². The lowest BCUT2D eigenvalue weighted by Crippen LogP contribution is -2.54. The van der Waals surface area contributed by atoms with Crippen LogP contribution in [0.4, 0.5) is 0 Å². The monoisotopic (exact) mass is 422 g/mol. The topological polar surface area (TPSA) is 84.0 Å². The number of nitrogens with zero attached hydrogens (tertiary/aromatic N) is 4. The molecule has 3 aliphatic rings. The van der Waals surface area contributed by atoms with Gasteiger partial charge in [0.25, 0.3) is 0 Å². The van der Waals surface area contributed by atoms with E-state index >= 15 is 0 Å². The lowest BCUT2D eigenvalue weighted by molar-refractivity contribution is -0.139. The SMILES string of the molecule is O=C(Cn1ccnc1)N1C[C@@H]2[C@H](CO)[C@H]3CN(Cc4cc5ccccc5o4)C[C@]2(C1)O3. The number of carbonyl (C=O) groups is 1. The van der Waals surface area contributed by atoms with Gasteiger partial charge in [0.2, 0.25) is 5.91 Å². The second kappa shape index (κ2) is 7.19. The third-order valence-corrected chi connectivity index (χ3v) is 7.16. The molecule has 1 amide bonds. The fourth-order valence-corrected chi connectivity index (χ4v) is 5.81. The van der Waals surface area contributed by atoms with Gasteiger partial charge in [-0.15, -0.1) is 0 Å². The summed E-state index contributed by atoms with van der Waals surface area (Å²) < 4.78 is 14.3. The number of likely N-dealkylation sites (tertiary alicyclic amines) is 2. The summed E-state index contributed by atoms with van der Waals surface area (Å²) in [5, 5.41) is 11.2. The van der Waals surface area contributed by atoms with Crippen LogP contribution < -0.4 is 0 Å². The number of hydrogen-bond donors (Lipinski definition) is 1. The van der Waals surface area contributed by atoms with Gasteiger partial charge in [-0.2, -0.15) is 0 Å². The number of benzene rings is 1. The average Bonchev–Trinajstić information content (AvgIpc) is 3.50. The van der Waals surface area contributed by atoms with Crippen molar-refractivity contribution in [2.75, 3.05) is 32.8 Å². The van der Waals surface area contributed by atoms with Crippen LogP contribution in [-0.2, 0) is 22.6 Å². The van der Waals surface area contributed by atoms with E-state index in [-0.39, 0.29) is 37.0 Å². The number of hydrogen-bond acceptors (Lipinski definition) is 6. The molecule has 0 unspecified atom stereocenters. The van der Waals surface area contributed by atoms with Crippen LogP contribution in [0.15, 0.2) is 53.5 Å². The molecule has 3 aliphatic heterocycles. The van der Waals surface area contributed by atoms with Gasteiger partial charge >= 0.3 is 0 Å². The Kier molecular flexibility index (Phi) is 4.41. The molecule has 8 nitrogen and oxygen atoms in total. The fourth-order valence-electron chi connectivity index (χ4n) is 5.81. The van der Waals surface area contributed by atoms with E-state index in [4.69, 9.17) is 9.15 Å². The minimum atomic E-state index is -0.424. The molecule has 0 saturated carbocycles. The van der Waals surface area contributed by atoms with Gasteiger partial charge in [-0.1, -0.05) is 18.2 Å². The average molecular weight is 422 g/mol. The predicted octanol–water partition coefficient (Wildman–Crippen LogP) is 1.35. The normalized spacial score (nSPS) is 30.2. The van der Waals surface area contributed by atoms with Crippen molar-refractivity contribution in [2.45, 2.75) is 24.8 Å². The lowest BCUT2D eigenvalue weighted by atomic mass is 9.83. The van der Waals surface area contributed by atoms with Crippen molar-refractivity contribution in [3.63, 3.8) is 0 Å². The summed E-state index contributed by atoms with van der Waals surface area (Å²) in [5.74, 6) is 1.19. The number of aromatic nitrogens is 2. The molecule has 1 N–H and O–H groups in total. The summed E-state index contributed by atoms with van der Waals surface area (Å²) in [6, 6.07) is 10.1. The molecule has 2 aromatic heterocycles. The molecule has 1 spiro atoms. The predicted molar refractivity (Wildman–Crippen MR) is 112 cm³/mol. The molecular weight excluding hydrogens is 396 g/mol. The maximum atomic E-state index is 12.9. The van der Waals surface area contributed by atoms with Gasteiger partial charge in [-0.25, -0.2) is 4.98 Å². The summed E-state index contributed by atoms with van der Waals surface area (Å²) >= 11 is 0. The first-order valence-corrected chi connectivity index (χ1v) is 10.9. The first-order valence-electron chi connectivity index (χ1n) is 10.9. The molecule has 3 fully saturated rings. The summed E-state index contributed by atoms with van der Waals surface area (Å²) in [6.07, 6.45) is 5.12. The van der Waals surface area contributed by atoms with Gasteiger partial charge < -0.3 is 23.7 Å². The number of aliphatic hydroxyl groups excluding tert-OH is 1. The van der Waals surface area contributed by atoms with Crippen LogP contribution in [-0.4, -0.2) is 74.9 Å². The fraction of sp³-hybridized carbons (Fsp3) is 0.478. The number of morpholine rings is 1. The van der Waals surface area contributed by atoms with Crippen molar-refractivity contribution in [3.05, 3.63) is 54.8 Å². The molecule has 2 bridgehead atoms. The van der Waals surface area contributed by atoms with Crippen LogP contribution in [0.3, 0.4) is 0 Å². The van der Waals surface area contributed by atoms with Gasteiger partial charge in [-0.3, -0.25) is 9.69 Å². The van der Waals surface area contributed by atoms with E-state index in [1.807, 2.05) is 23.1 Å². The third kappa shape index (κ3) is 3.17. The number of para-hydroxylation sites is 1. The van der Waals surface area contributed by atoms with Crippen LogP contribution >= 0.6 is 0 Å². The van der Waals surface area contributed by atoms with Crippen LogP contribution in [0, 0.1) is 11.8 Å². The lowest BCUT2D eigenvalue weighted by Gasteiger charge is -2.40. The zero-order chi connectivity index (χ0) is 21.0. The molecule has 0 aliphatic carbocycles. The number of rotatable bonds is 5. The van der Waals surface area contributed by atoms with Crippen molar-refractivity contribution in [3.8, 4) is 0 Å². The number of furan rings is 1. The molecule has 3 aromatic rings. The van der Waals surface area contributed by atoms with Crippen LogP contribution in [0.25, 0.3) is 11.0 Å². The number of ether oxygens (including phenoxy) is 1. The van der Waals surface area contributed by atoms with Crippen molar-refractivity contribution in [2.24, 2.45) is 11.8 Å². The maximum Gasteiger partial charge on any atom is 0.242 e. The molecule has 0 radical (unpaired) electrons. The number of aliphatic hydroxyl groups is 1. The van der Waals surface area contributed by atoms with Crippen LogP contribution in [0.5, 0.6) is 0 Å². The minimum absolute atomic E-state index is 0.0148. The standard InChI is InChI=1S/C23H26N4O4/c28-12-18-19-9-27(22(29)11-25-6-5-24-15-25)14-23(19)13-26(10-21(18)31-23)8-17-7-16-3-1-2-4-20(16)30-17/h1-7,15,18-19,21,28H,8-14H2/t18-,19+,21+,23+/m0/s1. The molecule has 4 atom stereocenters. The zero-order valence-corrected chi connectivity index (χ0v) is 17.3. The Morgan fingerprint density at radius 3 is 2.97 bits per heavy atom. The third-order valence-electron chi connectivity index (χ3n) is 7.16. The molecule has 6 rings (SSSR count). The van der Waals surface area contributed by atoms with Crippen molar-refractivity contribution in [1.29, 1.82) is 0 Å². The molecule has 1 aromatic carbocycles. The van der Waals surface area contributed by atoms with Crippen LogP contribution in [0.2, 0.25) is 0 Å². The molecule has 3 saturated heterocycles. The highest BCUT2D eigenvalue weighted by atomic mass is 16.5. The minimum Gasteiger partial charge on any atom is -0.460 e. The van der Waals surface area contributed by atoms with Gasteiger partial charge in [0.15, 0.2) is 0 Å². The molecule has 5 heterocycles. The van der Waals surface area contributed by atoms with E-state index in [2.05, 4.69) is 22.0 Å². The maximum absolute atomic E-state index is 12.9. The van der Waals surface area contributed by atoms with Crippen molar-refractivity contribution >= 4 is 16.9 Å². The first-order chi connectivity index (χ1) is 15.1. The number of carbonyl (C=O) groups excluding carboxylic acids is 1. The second-order valence-corrected chi connectivity index (χ2v) is 9.10. The molecule has 162 valence electrons.